The van der Waals surface area contributed by atoms with Crippen LogP contribution in [0.5, 0.6) is 0 Å². The van der Waals surface area contributed by atoms with E-state index < -0.39 is 5.54 Å². The average molecular weight is 499 g/mol. The first-order chi connectivity index (χ1) is 17.9. The van der Waals surface area contributed by atoms with Crippen LogP contribution in [0.25, 0.3) is 11.3 Å². The van der Waals surface area contributed by atoms with Crippen LogP contribution in [-0.4, -0.2) is 44.6 Å². The fraction of sp³-hybridized carbons (Fsp3) is 0.452. The molecule has 5 rings (SSSR count). The quantitative estimate of drug-likeness (QED) is 0.462. The van der Waals surface area contributed by atoms with Gasteiger partial charge in [-0.2, -0.15) is 5.10 Å². The summed E-state index contributed by atoms with van der Waals surface area (Å²) in [6.45, 7) is 6.95. The first-order valence-corrected chi connectivity index (χ1v) is 13.7. The summed E-state index contributed by atoms with van der Waals surface area (Å²) < 4.78 is 1.75. The SMILES string of the molecule is CCc1ccc(-c2cc3n(n2)C[C@](C)(C(=O)NC2CCCCC2)N(C[C@@H](C)c2ccccc2)C3=O)cc1. The number of fused-ring (bicyclic) bond motifs is 1. The molecule has 2 atom stereocenters. The molecule has 0 spiro atoms. The van der Waals surface area contributed by atoms with Gasteiger partial charge in [0.15, 0.2) is 0 Å². The summed E-state index contributed by atoms with van der Waals surface area (Å²) in [5, 5.41) is 8.11. The molecule has 194 valence electrons. The van der Waals surface area contributed by atoms with Crippen molar-refractivity contribution in [2.75, 3.05) is 6.54 Å². The molecule has 2 aliphatic rings. The Kier molecular flexibility index (Phi) is 7.18. The molecule has 2 amide bonds. The van der Waals surface area contributed by atoms with Gasteiger partial charge in [-0.05, 0) is 49.3 Å². The van der Waals surface area contributed by atoms with Gasteiger partial charge in [0, 0.05) is 18.2 Å². The van der Waals surface area contributed by atoms with Gasteiger partial charge in [-0.25, -0.2) is 0 Å². The number of carbonyl (C=O) groups is 2. The van der Waals surface area contributed by atoms with Crippen molar-refractivity contribution in [1.82, 2.24) is 20.0 Å². The molecule has 1 aliphatic heterocycles. The fourth-order valence-electron chi connectivity index (χ4n) is 5.73. The number of carbonyl (C=O) groups excluding carboxylic acids is 2. The van der Waals surface area contributed by atoms with Crippen LogP contribution < -0.4 is 5.32 Å². The van der Waals surface area contributed by atoms with Crippen molar-refractivity contribution in [3.8, 4) is 11.3 Å². The lowest BCUT2D eigenvalue weighted by atomic mass is 9.90. The first-order valence-electron chi connectivity index (χ1n) is 13.7. The van der Waals surface area contributed by atoms with Crippen LogP contribution in [0.2, 0.25) is 0 Å². The number of nitrogens with one attached hydrogen (secondary N) is 1. The Labute approximate surface area is 220 Å². The van der Waals surface area contributed by atoms with Crippen molar-refractivity contribution in [3.05, 3.63) is 77.5 Å². The lowest BCUT2D eigenvalue weighted by Gasteiger charge is -2.45. The van der Waals surface area contributed by atoms with Gasteiger partial charge in [-0.3, -0.25) is 14.3 Å². The van der Waals surface area contributed by atoms with Crippen LogP contribution in [0.1, 0.15) is 80.4 Å². The predicted octanol–water partition coefficient (Wildman–Crippen LogP) is 5.58. The topological polar surface area (TPSA) is 67.2 Å². The standard InChI is InChI=1S/C31H38N4O2/c1-4-23-15-17-25(18-16-23)27-19-28-29(36)34(20-22(2)24-11-7-5-8-12-24)31(3,21-35(28)33-27)30(37)32-26-13-9-6-10-14-26/h5,7-8,11-12,15-19,22,26H,4,6,9-10,13-14,20-21H2,1-3H3,(H,32,37)/t22-,31-/m1/s1. The van der Waals surface area contributed by atoms with E-state index in [-0.39, 0.29) is 23.8 Å². The van der Waals surface area contributed by atoms with E-state index in [1.165, 1.54) is 12.0 Å². The Hall–Kier alpha value is -3.41. The summed E-state index contributed by atoms with van der Waals surface area (Å²) >= 11 is 0. The maximum absolute atomic E-state index is 14.0. The van der Waals surface area contributed by atoms with Gasteiger partial charge in [0.1, 0.15) is 11.2 Å². The van der Waals surface area contributed by atoms with Crippen LogP contribution >= 0.6 is 0 Å². The van der Waals surface area contributed by atoms with Crippen molar-refractivity contribution < 1.29 is 9.59 Å². The third kappa shape index (κ3) is 5.07. The second-order valence-corrected chi connectivity index (χ2v) is 10.9. The number of benzene rings is 2. The Balaban J connectivity index is 1.48. The number of amides is 2. The van der Waals surface area contributed by atoms with E-state index in [1.807, 2.05) is 31.2 Å². The van der Waals surface area contributed by atoms with Gasteiger partial charge >= 0.3 is 0 Å². The molecule has 1 N–H and O–H groups in total. The van der Waals surface area contributed by atoms with Crippen LogP contribution in [0.15, 0.2) is 60.7 Å². The van der Waals surface area contributed by atoms with Gasteiger partial charge in [-0.1, -0.05) is 87.7 Å². The summed E-state index contributed by atoms with van der Waals surface area (Å²) in [6, 6.07) is 20.6. The van der Waals surface area contributed by atoms with Crippen LogP contribution in [0.3, 0.4) is 0 Å². The zero-order valence-electron chi connectivity index (χ0n) is 22.2. The second-order valence-electron chi connectivity index (χ2n) is 10.9. The predicted molar refractivity (Wildman–Crippen MR) is 146 cm³/mol. The number of nitrogens with zero attached hydrogens (tertiary/aromatic N) is 3. The van der Waals surface area contributed by atoms with E-state index in [1.54, 1.807) is 9.58 Å². The highest BCUT2D eigenvalue weighted by atomic mass is 16.2. The lowest BCUT2D eigenvalue weighted by Crippen LogP contribution is -2.65. The highest BCUT2D eigenvalue weighted by Crippen LogP contribution is 2.33. The molecule has 6 heteroatoms. The number of aromatic nitrogens is 2. The average Bonchev–Trinajstić information content (AvgIpc) is 3.36. The van der Waals surface area contributed by atoms with Gasteiger partial charge in [-0.15, -0.1) is 0 Å². The zero-order chi connectivity index (χ0) is 26.0. The summed E-state index contributed by atoms with van der Waals surface area (Å²) in [6.07, 6.45) is 6.48. The molecule has 3 aromatic rings. The minimum absolute atomic E-state index is 0.0805. The Morgan fingerprint density at radius 1 is 1.08 bits per heavy atom. The zero-order valence-corrected chi connectivity index (χ0v) is 22.2. The van der Waals surface area contributed by atoms with E-state index >= 15 is 0 Å². The molecule has 37 heavy (non-hydrogen) atoms. The molecular weight excluding hydrogens is 460 g/mol. The molecule has 1 aliphatic carbocycles. The Morgan fingerprint density at radius 3 is 2.46 bits per heavy atom. The third-order valence-electron chi connectivity index (χ3n) is 8.21. The second kappa shape index (κ2) is 10.5. The van der Waals surface area contributed by atoms with Gasteiger partial charge < -0.3 is 10.2 Å². The highest BCUT2D eigenvalue weighted by Gasteiger charge is 2.48. The maximum Gasteiger partial charge on any atom is 0.273 e. The summed E-state index contributed by atoms with van der Waals surface area (Å²) in [5.74, 6) is -0.134. The molecule has 1 saturated carbocycles. The summed E-state index contributed by atoms with van der Waals surface area (Å²) in [5.41, 5.74) is 3.67. The molecule has 0 bridgehead atoms. The molecular formula is C31H38N4O2. The molecule has 2 heterocycles. The van der Waals surface area contributed by atoms with Crippen molar-refractivity contribution in [2.24, 2.45) is 0 Å². The monoisotopic (exact) mass is 498 g/mol. The highest BCUT2D eigenvalue weighted by molar-refractivity contribution is 6.00. The number of hydrogen-bond acceptors (Lipinski definition) is 3. The molecule has 0 saturated heterocycles. The molecule has 0 radical (unpaired) electrons. The van der Waals surface area contributed by atoms with Crippen LogP contribution in [0.4, 0.5) is 0 Å². The molecule has 0 unspecified atom stereocenters. The van der Waals surface area contributed by atoms with Crippen molar-refractivity contribution in [2.45, 2.75) is 83.3 Å². The van der Waals surface area contributed by atoms with Crippen molar-refractivity contribution >= 4 is 11.8 Å². The molecule has 6 nitrogen and oxygen atoms in total. The van der Waals surface area contributed by atoms with Crippen LogP contribution in [-0.2, 0) is 17.8 Å². The minimum Gasteiger partial charge on any atom is -0.351 e. The maximum atomic E-state index is 14.0. The Bertz CT molecular complexity index is 1240. The van der Waals surface area contributed by atoms with Gasteiger partial charge in [0.2, 0.25) is 5.91 Å². The van der Waals surface area contributed by atoms with E-state index in [0.29, 0.717) is 18.8 Å². The minimum atomic E-state index is -1.03. The largest absolute Gasteiger partial charge is 0.351 e. The smallest absolute Gasteiger partial charge is 0.273 e. The molecule has 1 fully saturated rings. The molecule has 2 aromatic carbocycles. The van der Waals surface area contributed by atoms with E-state index in [0.717, 1.165) is 48.9 Å². The fourth-order valence-corrected chi connectivity index (χ4v) is 5.73. The van der Waals surface area contributed by atoms with E-state index in [2.05, 4.69) is 55.6 Å². The summed E-state index contributed by atoms with van der Waals surface area (Å²) in [7, 11) is 0. The number of rotatable bonds is 7. The van der Waals surface area contributed by atoms with Crippen molar-refractivity contribution in [3.63, 3.8) is 0 Å². The van der Waals surface area contributed by atoms with Crippen LogP contribution in [0, 0.1) is 0 Å². The lowest BCUT2D eigenvalue weighted by molar-refractivity contribution is -0.134. The summed E-state index contributed by atoms with van der Waals surface area (Å²) in [4.78, 5) is 29.7. The third-order valence-corrected chi connectivity index (χ3v) is 8.21. The Morgan fingerprint density at radius 2 is 1.78 bits per heavy atom. The van der Waals surface area contributed by atoms with Crippen molar-refractivity contribution in [1.29, 1.82) is 0 Å². The number of aryl methyl sites for hydroxylation is 1. The molecule has 1 aromatic heterocycles. The van der Waals surface area contributed by atoms with Gasteiger partial charge in [0.25, 0.3) is 5.91 Å². The number of hydrogen-bond donors (Lipinski definition) is 1. The first kappa shape index (κ1) is 25.2. The van der Waals surface area contributed by atoms with E-state index in [9.17, 15) is 9.59 Å². The van der Waals surface area contributed by atoms with E-state index in [4.69, 9.17) is 5.10 Å². The van der Waals surface area contributed by atoms with Gasteiger partial charge in [0.05, 0.1) is 12.2 Å². The normalized spacial score (nSPS) is 20.9.